The number of unbranched alkanes of at least 4 members (excludes halogenated alkanes) is 4. The number of amides is 1. The van der Waals surface area contributed by atoms with E-state index in [-0.39, 0.29) is 11.0 Å². The number of thiocarbonyl (C=S) groups is 1. The fourth-order valence-corrected chi connectivity index (χ4v) is 3.03. The van der Waals surface area contributed by atoms with Gasteiger partial charge in [-0.1, -0.05) is 50.3 Å². The van der Waals surface area contributed by atoms with Crippen LogP contribution in [0.3, 0.4) is 0 Å². The van der Waals surface area contributed by atoms with Crippen LogP contribution in [-0.4, -0.2) is 17.6 Å². The summed E-state index contributed by atoms with van der Waals surface area (Å²) in [6.45, 7) is 4.84. The van der Waals surface area contributed by atoms with Crippen LogP contribution in [0.4, 0.5) is 5.69 Å². The number of carbonyl (C=O) groups is 1. The lowest BCUT2D eigenvalue weighted by Gasteiger charge is -2.12. The summed E-state index contributed by atoms with van der Waals surface area (Å²) in [5.74, 6) is 0.491. The number of hydrogen-bond donors (Lipinski definition) is 2. The minimum atomic E-state index is -0.275. The van der Waals surface area contributed by atoms with E-state index in [2.05, 4.69) is 17.6 Å². The summed E-state index contributed by atoms with van der Waals surface area (Å²) in [6.07, 6.45) is 6.00. The number of halogens is 1. The largest absolute Gasteiger partial charge is 0.494 e. The molecular formula is C22H27ClN2O2S. The van der Waals surface area contributed by atoms with Crippen LogP contribution in [0.15, 0.2) is 42.5 Å². The Morgan fingerprint density at radius 2 is 1.79 bits per heavy atom. The van der Waals surface area contributed by atoms with Crippen LogP contribution in [0.5, 0.6) is 5.75 Å². The summed E-state index contributed by atoms with van der Waals surface area (Å²) in [5, 5.41) is 6.51. The van der Waals surface area contributed by atoms with Gasteiger partial charge >= 0.3 is 0 Å². The molecule has 0 aliphatic carbocycles. The van der Waals surface area contributed by atoms with E-state index >= 15 is 0 Å². The first-order chi connectivity index (χ1) is 13.5. The van der Waals surface area contributed by atoms with Gasteiger partial charge in [-0.3, -0.25) is 10.1 Å². The molecule has 0 saturated carbocycles. The Bertz CT molecular complexity index is 794. The first kappa shape index (κ1) is 22.2. The predicted octanol–water partition coefficient (Wildman–Crippen LogP) is 6.12. The quantitative estimate of drug-likeness (QED) is 0.380. The lowest BCUT2D eigenvalue weighted by molar-refractivity contribution is 0.0977. The summed E-state index contributed by atoms with van der Waals surface area (Å²) in [4.78, 5) is 12.4. The van der Waals surface area contributed by atoms with Crippen LogP contribution in [-0.2, 0) is 0 Å². The van der Waals surface area contributed by atoms with Crippen LogP contribution in [0.25, 0.3) is 0 Å². The SMILES string of the molecule is CCCCCCCOc1ccc(C(=O)NC(=S)Nc2cc(Cl)ccc2C)cc1. The second-order valence-electron chi connectivity index (χ2n) is 6.65. The maximum Gasteiger partial charge on any atom is 0.257 e. The minimum Gasteiger partial charge on any atom is -0.494 e. The standard InChI is InChI=1S/C22H27ClN2O2S/c1-3-4-5-6-7-14-27-19-12-9-17(10-13-19)21(26)25-22(28)24-20-15-18(23)11-8-16(20)2/h8-13,15H,3-7,14H2,1-2H3,(H2,24,25,26,28). The first-order valence-electron chi connectivity index (χ1n) is 9.61. The highest BCUT2D eigenvalue weighted by atomic mass is 35.5. The van der Waals surface area contributed by atoms with E-state index in [9.17, 15) is 4.79 Å². The van der Waals surface area contributed by atoms with Gasteiger partial charge in [-0.15, -0.1) is 0 Å². The number of carbonyl (C=O) groups excluding carboxylic acids is 1. The molecule has 0 saturated heterocycles. The zero-order valence-electron chi connectivity index (χ0n) is 16.4. The predicted molar refractivity (Wildman–Crippen MR) is 121 cm³/mol. The van der Waals surface area contributed by atoms with Crippen molar-refractivity contribution in [3.8, 4) is 5.75 Å². The Kier molecular flexibility index (Phi) is 9.24. The van der Waals surface area contributed by atoms with Crippen molar-refractivity contribution in [1.29, 1.82) is 0 Å². The average molecular weight is 419 g/mol. The highest BCUT2D eigenvalue weighted by Crippen LogP contribution is 2.20. The molecule has 150 valence electrons. The number of aryl methyl sites for hydroxylation is 1. The molecule has 0 aliphatic heterocycles. The van der Waals surface area contributed by atoms with Gasteiger partial charge in [0, 0.05) is 16.3 Å². The zero-order valence-corrected chi connectivity index (χ0v) is 18.0. The van der Waals surface area contributed by atoms with E-state index in [4.69, 9.17) is 28.6 Å². The van der Waals surface area contributed by atoms with E-state index in [1.54, 1.807) is 36.4 Å². The van der Waals surface area contributed by atoms with Crippen LogP contribution >= 0.6 is 23.8 Å². The molecule has 0 atom stereocenters. The number of hydrogen-bond acceptors (Lipinski definition) is 3. The Hall–Kier alpha value is -2.11. The molecule has 2 rings (SSSR count). The van der Waals surface area contributed by atoms with Gasteiger partial charge in [0.15, 0.2) is 5.11 Å². The lowest BCUT2D eigenvalue weighted by Crippen LogP contribution is -2.34. The summed E-state index contributed by atoms with van der Waals surface area (Å²) in [5.41, 5.74) is 2.26. The molecule has 6 heteroatoms. The average Bonchev–Trinajstić information content (AvgIpc) is 2.68. The monoisotopic (exact) mass is 418 g/mol. The van der Waals surface area contributed by atoms with Gasteiger partial charge in [0.25, 0.3) is 5.91 Å². The molecule has 0 fully saturated rings. The number of rotatable bonds is 9. The van der Waals surface area contributed by atoms with Gasteiger partial charge in [0.2, 0.25) is 0 Å². The van der Waals surface area contributed by atoms with Crippen LogP contribution in [0.2, 0.25) is 5.02 Å². The van der Waals surface area contributed by atoms with E-state index in [0.717, 1.165) is 23.4 Å². The summed E-state index contributed by atoms with van der Waals surface area (Å²) in [7, 11) is 0. The van der Waals surface area contributed by atoms with Gasteiger partial charge < -0.3 is 10.1 Å². The fourth-order valence-electron chi connectivity index (χ4n) is 2.66. The molecule has 0 heterocycles. The van der Waals surface area contributed by atoms with Gasteiger partial charge in [0.1, 0.15) is 5.75 Å². The Labute approximate surface area is 177 Å². The zero-order chi connectivity index (χ0) is 20.4. The van der Waals surface area contributed by atoms with Crippen LogP contribution in [0.1, 0.15) is 54.9 Å². The molecule has 1 amide bonds. The second kappa shape index (κ2) is 11.7. The molecule has 2 aromatic carbocycles. The topological polar surface area (TPSA) is 50.4 Å². The molecular weight excluding hydrogens is 392 g/mol. The van der Waals surface area contributed by atoms with Crippen molar-refractivity contribution in [2.75, 3.05) is 11.9 Å². The lowest BCUT2D eigenvalue weighted by atomic mass is 10.2. The summed E-state index contributed by atoms with van der Waals surface area (Å²) in [6, 6.07) is 12.5. The van der Waals surface area contributed by atoms with Crippen LogP contribution < -0.4 is 15.4 Å². The molecule has 28 heavy (non-hydrogen) atoms. The second-order valence-corrected chi connectivity index (χ2v) is 7.50. The Balaban J connectivity index is 1.80. The highest BCUT2D eigenvalue weighted by Gasteiger charge is 2.09. The smallest absolute Gasteiger partial charge is 0.257 e. The molecule has 0 bridgehead atoms. The maximum atomic E-state index is 12.4. The molecule has 0 spiro atoms. The minimum absolute atomic E-state index is 0.225. The number of nitrogens with one attached hydrogen (secondary N) is 2. The maximum absolute atomic E-state index is 12.4. The Morgan fingerprint density at radius 3 is 2.50 bits per heavy atom. The Morgan fingerprint density at radius 1 is 1.07 bits per heavy atom. The third kappa shape index (κ3) is 7.49. The molecule has 4 nitrogen and oxygen atoms in total. The van der Waals surface area contributed by atoms with Gasteiger partial charge in [-0.05, 0) is 67.5 Å². The summed E-state index contributed by atoms with van der Waals surface area (Å²) < 4.78 is 5.72. The normalized spacial score (nSPS) is 10.4. The number of benzene rings is 2. The summed E-state index contributed by atoms with van der Waals surface area (Å²) >= 11 is 11.2. The molecule has 0 unspecified atom stereocenters. The van der Waals surface area contributed by atoms with E-state index < -0.39 is 0 Å². The van der Waals surface area contributed by atoms with Gasteiger partial charge in [-0.2, -0.15) is 0 Å². The van der Waals surface area contributed by atoms with E-state index in [1.807, 2.05) is 13.0 Å². The fraction of sp³-hybridized carbons (Fsp3) is 0.364. The molecule has 0 aliphatic rings. The highest BCUT2D eigenvalue weighted by molar-refractivity contribution is 7.80. The van der Waals surface area contributed by atoms with Crippen LogP contribution in [0, 0.1) is 6.92 Å². The van der Waals surface area contributed by atoms with Crippen molar-refractivity contribution in [3.63, 3.8) is 0 Å². The van der Waals surface area contributed by atoms with Gasteiger partial charge in [-0.25, -0.2) is 0 Å². The van der Waals surface area contributed by atoms with Crippen molar-refractivity contribution in [3.05, 3.63) is 58.6 Å². The van der Waals surface area contributed by atoms with Crippen molar-refractivity contribution >= 4 is 40.5 Å². The number of anilines is 1. The van der Waals surface area contributed by atoms with E-state index in [0.29, 0.717) is 17.2 Å². The van der Waals surface area contributed by atoms with Crippen molar-refractivity contribution in [2.45, 2.75) is 46.0 Å². The van der Waals surface area contributed by atoms with Crippen molar-refractivity contribution < 1.29 is 9.53 Å². The molecule has 2 N–H and O–H groups in total. The molecule has 0 radical (unpaired) electrons. The molecule has 2 aromatic rings. The number of ether oxygens (including phenoxy) is 1. The third-order valence-electron chi connectivity index (χ3n) is 4.31. The molecule has 0 aromatic heterocycles. The van der Waals surface area contributed by atoms with Gasteiger partial charge in [0.05, 0.1) is 6.61 Å². The van der Waals surface area contributed by atoms with E-state index in [1.165, 1.54) is 25.7 Å². The van der Waals surface area contributed by atoms with Crippen molar-refractivity contribution in [2.24, 2.45) is 0 Å². The third-order valence-corrected chi connectivity index (χ3v) is 4.75. The van der Waals surface area contributed by atoms with Crippen molar-refractivity contribution in [1.82, 2.24) is 5.32 Å². The first-order valence-corrected chi connectivity index (χ1v) is 10.4.